The molecule has 0 aliphatic rings. The molecule has 7 nitrogen and oxygen atoms in total. The van der Waals surface area contributed by atoms with Gasteiger partial charge in [0, 0.05) is 13.0 Å². The van der Waals surface area contributed by atoms with Gasteiger partial charge < -0.3 is 10.3 Å². The van der Waals surface area contributed by atoms with E-state index in [1.165, 1.54) is 18.5 Å². The van der Waals surface area contributed by atoms with Crippen LogP contribution in [0.15, 0.2) is 33.9 Å². The summed E-state index contributed by atoms with van der Waals surface area (Å²) >= 11 is 0. The lowest BCUT2D eigenvalue weighted by Crippen LogP contribution is -2.27. The number of para-hydroxylation sites is 1. The van der Waals surface area contributed by atoms with Crippen molar-refractivity contribution >= 4 is 15.7 Å². The first-order valence-corrected chi connectivity index (χ1v) is 6.78. The molecule has 0 saturated carbocycles. The topological polar surface area (TPSA) is 111 Å². The number of anilines is 1. The Kier molecular flexibility index (Phi) is 3.76. The van der Waals surface area contributed by atoms with Crippen LogP contribution < -0.4 is 10.5 Å². The summed E-state index contributed by atoms with van der Waals surface area (Å²) in [5.41, 5.74) is 4.99. The molecule has 102 valence electrons. The van der Waals surface area contributed by atoms with E-state index >= 15 is 0 Å². The fraction of sp³-hybridized carbons (Fsp3) is 0.200. The Morgan fingerprint density at radius 3 is 2.89 bits per heavy atom. The molecule has 0 fully saturated rings. The normalized spacial score (nSPS) is 11.6. The molecule has 9 heteroatoms. The van der Waals surface area contributed by atoms with E-state index in [1.54, 1.807) is 0 Å². The molecule has 0 spiro atoms. The van der Waals surface area contributed by atoms with Gasteiger partial charge in [-0.2, -0.15) is 4.98 Å². The largest absolute Gasteiger partial charge is 0.395 e. The van der Waals surface area contributed by atoms with Crippen LogP contribution in [0.2, 0.25) is 0 Å². The molecule has 0 saturated heterocycles. The number of nitrogen functional groups attached to an aromatic ring is 1. The summed E-state index contributed by atoms with van der Waals surface area (Å²) in [5, 5.41) is 3.39. The van der Waals surface area contributed by atoms with Crippen molar-refractivity contribution in [2.45, 2.75) is 11.3 Å². The first kappa shape index (κ1) is 13.4. The van der Waals surface area contributed by atoms with Crippen LogP contribution in [0.25, 0.3) is 0 Å². The highest BCUT2D eigenvalue weighted by Gasteiger charge is 2.19. The number of hydrogen-bond donors (Lipinski definition) is 2. The summed E-state index contributed by atoms with van der Waals surface area (Å²) in [4.78, 5) is 3.45. The van der Waals surface area contributed by atoms with Crippen molar-refractivity contribution in [3.63, 3.8) is 0 Å². The molecule has 0 bridgehead atoms. The number of hydrogen-bond acceptors (Lipinski definition) is 6. The summed E-state index contributed by atoms with van der Waals surface area (Å²) < 4.78 is 44.0. The van der Waals surface area contributed by atoms with Gasteiger partial charge >= 0.3 is 0 Å². The van der Waals surface area contributed by atoms with Gasteiger partial charge in [0.15, 0.2) is 6.33 Å². The van der Waals surface area contributed by atoms with Gasteiger partial charge in [0.2, 0.25) is 15.9 Å². The molecule has 3 N–H and O–H groups in total. The molecule has 0 atom stereocenters. The van der Waals surface area contributed by atoms with Crippen molar-refractivity contribution in [2.24, 2.45) is 0 Å². The average molecular weight is 286 g/mol. The highest BCUT2D eigenvalue weighted by atomic mass is 32.2. The monoisotopic (exact) mass is 286 g/mol. The number of nitrogens with zero attached hydrogens (tertiary/aromatic N) is 2. The standard InChI is InChI=1S/C10H11FN4O3S/c11-7-2-1-3-8(10(7)12)19(16,17)15-5-4-9-13-6-14-18-9/h1-3,6,15H,4-5,12H2. The van der Waals surface area contributed by atoms with E-state index in [0.29, 0.717) is 5.89 Å². The van der Waals surface area contributed by atoms with Crippen molar-refractivity contribution in [1.29, 1.82) is 0 Å². The molecule has 0 aliphatic heterocycles. The van der Waals surface area contributed by atoms with E-state index in [4.69, 9.17) is 10.3 Å². The minimum atomic E-state index is -3.87. The minimum absolute atomic E-state index is 0.0421. The molecular weight excluding hydrogens is 275 g/mol. The predicted molar refractivity (Wildman–Crippen MR) is 64.0 cm³/mol. The zero-order chi connectivity index (χ0) is 13.9. The molecule has 1 aromatic heterocycles. The van der Waals surface area contributed by atoms with Crippen LogP contribution in [0, 0.1) is 5.82 Å². The van der Waals surface area contributed by atoms with Crippen molar-refractivity contribution in [3.8, 4) is 0 Å². The maximum Gasteiger partial charge on any atom is 0.242 e. The van der Waals surface area contributed by atoms with Crippen LogP contribution >= 0.6 is 0 Å². The highest BCUT2D eigenvalue weighted by Crippen LogP contribution is 2.20. The van der Waals surface area contributed by atoms with Crippen molar-refractivity contribution in [1.82, 2.24) is 14.9 Å². The number of sulfonamides is 1. The third-order valence-electron chi connectivity index (χ3n) is 2.34. The zero-order valence-corrected chi connectivity index (χ0v) is 10.5. The summed E-state index contributed by atoms with van der Waals surface area (Å²) in [6.07, 6.45) is 1.45. The molecule has 19 heavy (non-hydrogen) atoms. The Hall–Kier alpha value is -2.00. The van der Waals surface area contributed by atoms with Gasteiger partial charge in [0.1, 0.15) is 10.7 Å². The average Bonchev–Trinajstić information content (AvgIpc) is 2.85. The summed E-state index contributed by atoms with van der Waals surface area (Å²) in [5.74, 6) is -0.477. The quantitative estimate of drug-likeness (QED) is 0.765. The van der Waals surface area contributed by atoms with Gasteiger partial charge in [0.05, 0.1) is 5.69 Å². The number of rotatable bonds is 5. The van der Waals surface area contributed by atoms with Crippen LogP contribution in [0.1, 0.15) is 5.89 Å². The van der Waals surface area contributed by atoms with E-state index in [1.807, 2.05) is 0 Å². The first-order valence-electron chi connectivity index (χ1n) is 5.30. The van der Waals surface area contributed by atoms with Gasteiger partial charge in [-0.05, 0) is 12.1 Å². The van der Waals surface area contributed by atoms with Crippen LogP contribution in [0.4, 0.5) is 10.1 Å². The van der Waals surface area contributed by atoms with Crippen LogP contribution in [-0.4, -0.2) is 25.1 Å². The molecule has 0 radical (unpaired) electrons. The maximum absolute atomic E-state index is 13.2. The van der Waals surface area contributed by atoms with E-state index in [9.17, 15) is 12.8 Å². The molecule has 0 unspecified atom stereocenters. The Labute approximate surface area is 108 Å². The molecular formula is C10H11FN4O3S. The fourth-order valence-electron chi connectivity index (χ4n) is 1.43. The van der Waals surface area contributed by atoms with Gasteiger partial charge in [-0.1, -0.05) is 11.2 Å². The van der Waals surface area contributed by atoms with E-state index in [0.717, 1.165) is 6.07 Å². The SMILES string of the molecule is Nc1c(F)cccc1S(=O)(=O)NCCc1ncno1. The molecule has 2 aromatic rings. The highest BCUT2D eigenvalue weighted by molar-refractivity contribution is 7.89. The zero-order valence-electron chi connectivity index (χ0n) is 9.71. The number of benzene rings is 1. The molecule has 2 rings (SSSR count). The number of aromatic nitrogens is 2. The summed E-state index contributed by atoms with van der Waals surface area (Å²) in [6, 6.07) is 3.60. The fourth-order valence-corrected chi connectivity index (χ4v) is 2.60. The smallest absolute Gasteiger partial charge is 0.242 e. The van der Waals surface area contributed by atoms with Gasteiger partial charge in [-0.15, -0.1) is 0 Å². The molecule has 0 amide bonds. The molecule has 1 heterocycles. The third-order valence-corrected chi connectivity index (χ3v) is 3.86. The maximum atomic E-state index is 13.2. The first-order chi connectivity index (χ1) is 9.00. The Balaban J connectivity index is 2.08. The van der Waals surface area contributed by atoms with E-state index in [2.05, 4.69) is 14.9 Å². The second-order valence-electron chi connectivity index (χ2n) is 3.63. The van der Waals surface area contributed by atoms with Gasteiger partial charge in [-0.25, -0.2) is 17.5 Å². The van der Waals surface area contributed by atoms with E-state index in [-0.39, 0.29) is 17.9 Å². The van der Waals surface area contributed by atoms with Crippen LogP contribution in [0.5, 0.6) is 0 Å². The van der Waals surface area contributed by atoms with Crippen LogP contribution in [-0.2, 0) is 16.4 Å². The summed E-state index contributed by atoms with van der Waals surface area (Å²) in [6.45, 7) is 0.0421. The van der Waals surface area contributed by atoms with Gasteiger partial charge in [0.25, 0.3) is 0 Å². The lowest BCUT2D eigenvalue weighted by Gasteiger charge is -2.08. The second kappa shape index (κ2) is 5.33. The van der Waals surface area contributed by atoms with Crippen molar-refractivity contribution in [2.75, 3.05) is 12.3 Å². The van der Waals surface area contributed by atoms with Crippen LogP contribution in [0.3, 0.4) is 0 Å². The predicted octanol–water partition coefficient (Wildman–Crippen LogP) is 0.312. The Morgan fingerprint density at radius 1 is 1.42 bits per heavy atom. The second-order valence-corrected chi connectivity index (χ2v) is 5.37. The van der Waals surface area contributed by atoms with E-state index < -0.39 is 21.5 Å². The number of nitrogens with two attached hydrogens (primary N) is 1. The lowest BCUT2D eigenvalue weighted by atomic mass is 10.3. The Bertz CT molecular complexity index is 657. The van der Waals surface area contributed by atoms with Crippen molar-refractivity contribution < 1.29 is 17.3 Å². The number of halogens is 1. The number of nitrogens with one attached hydrogen (secondary N) is 1. The summed E-state index contributed by atoms with van der Waals surface area (Å²) in [7, 11) is -3.87. The van der Waals surface area contributed by atoms with Gasteiger partial charge in [-0.3, -0.25) is 0 Å². The lowest BCUT2D eigenvalue weighted by molar-refractivity contribution is 0.377. The van der Waals surface area contributed by atoms with Crippen molar-refractivity contribution in [3.05, 3.63) is 36.2 Å². The molecule has 1 aromatic carbocycles. The third kappa shape index (κ3) is 3.06. The Morgan fingerprint density at radius 2 is 2.21 bits per heavy atom. The minimum Gasteiger partial charge on any atom is -0.395 e. The molecule has 0 aliphatic carbocycles.